The minimum atomic E-state index is -0.493. The maximum atomic E-state index is 11.3. The molecule has 1 unspecified atom stereocenters. The third-order valence-electron chi connectivity index (χ3n) is 3.00. The number of esters is 1. The molecule has 0 heterocycles. The highest BCUT2D eigenvalue weighted by atomic mass is 35.5. The quantitative estimate of drug-likeness (QED) is 0.347. The average molecular weight is 341 g/mol. The first-order valence-corrected chi connectivity index (χ1v) is 7.87. The minimum absolute atomic E-state index is 0.321. The van der Waals surface area contributed by atoms with Crippen LogP contribution in [0.4, 0.5) is 0 Å². The molecule has 0 fully saturated rings. The molecule has 0 aliphatic rings. The van der Waals surface area contributed by atoms with E-state index in [2.05, 4.69) is 11.8 Å². The van der Waals surface area contributed by atoms with Crippen LogP contribution in [0.3, 0.4) is 0 Å². The van der Waals surface area contributed by atoms with Crippen molar-refractivity contribution in [1.82, 2.24) is 0 Å². The second-order valence-corrected chi connectivity index (χ2v) is 5.19. The summed E-state index contributed by atoms with van der Waals surface area (Å²) in [5.41, 5.74) is 1.73. The van der Waals surface area contributed by atoms with Gasteiger partial charge in [0.15, 0.2) is 6.10 Å². The molecular weight excluding hydrogens is 324 g/mol. The largest absolute Gasteiger partial charge is 0.480 e. The summed E-state index contributed by atoms with van der Waals surface area (Å²) < 4.78 is 10.4. The molecule has 0 radical (unpaired) electrons. The van der Waals surface area contributed by atoms with E-state index in [0.29, 0.717) is 11.6 Å². The van der Waals surface area contributed by atoms with Crippen LogP contribution < -0.4 is 0 Å². The van der Waals surface area contributed by atoms with E-state index in [4.69, 9.17) is 21.1 Å². The number of benzene rings is 2. The second-order valence-electron chi connectivity index (χ2n) is 4.76. The van der Waals surface area contributed by atoms with Crippen LogP contribution in [-0.4, -0.2) is 12.6 Å². The van der Waals surface area contributed by atoms with Crippen molar-refractivity contribution in [2.45, 2.75) is 13.0 Å². The van der Waals surface area contributed by atoms with Gasteiger partial charge in [-0.3, -0.25) is 0 Å². The first-order chi connectivity index (χ1) is 11.7. The average Bonchev–Trinajstić information content (AvgIpc) is 2.60. The summed E-state index contributed by atoms with van der Waals surface area (Å²) in [6.07, 6.45) is 2.06. The molecule has 0 saturated carbocycles. The summed E-state index contributed by atoms with van der Waals surface area (Å²) in [6.45, 7) is 2.07. The van der Waals surface area contributed by atoms with Gasteiger partial charge in [0, 0.05) is 16.1 Å². The lowest BCUT2D eigenvalue weighted by molar-refractivity contribution is -0.137. The van der Waals surface area contributed by atoms with Gasteiger partial charge < -0.3 is 9.47 Å². The van der Waals surface area contributed by atoms with Crippen molar-refractivity contribution in [3.05, 3.63) is 83.1 Å². The Morgan fingerprint density at radius 2 is 1.88 bits per heavy atom. The Kier molecular flexibility index (Phi) is 6.94. The fraction of sp³-hybridized carbons (Fsp3) is 0.150. The first kappa shape index (κ1) is 17.7. The number of hydrogen-bond donors (Lipinski definition) is 0. The van der Waals surface area contributed by atoms with Gasteiger partial charge in [0.25, 0.3) is 0 Å². The first-order valence-electron chi connectivity index (χ1n) is 7.50. The molecule has 3 nitrogen and oxygen atoms in total. The van der Waals surface area contributed by atoms with Crippen LogP contribution in [0.2, 0.25) is 5.02 Å². The maximum absolute atomic E-state index is 11.3. The van der Waals surface area contributed by atoms with Crippen molar-refractivity contribution in [3.8, 4) is 11.8 Å². The van der Waals surface area contributed by atoms with E-state index in [9.17, 15) is 4.79 Å². The van der Waals surface area contributed by atoms with Gasteiger partial charge in [0.1, 0.15) is 0 Å². The molecule has 0 bridgehead atoms. The van der Waals surface area contributed by atoms with Gasteiger partial charge in [-0.2, -0.15) is 0 Å². The standard InChI is InChI=1S/C20H17ClO3/c1-2-23-20(22)14-15-24-19(17-6-4-3-5-7-17)13-10-16-8-11-18(21)12-9-16/h3-9,11-12,14-15,19H,2H2,1H3/b15-14+. The third kappa shape index (κ3) is 5.83. The van der Waals surface area contributed by atoms with Crippen molar-refractivity contribution in [1.29, 1.82) is 0 Å². The van der Waals surface area contributed by atoms with Crippen LogP contribution in [0, 0.1) is 11.8 Å². The maximum Gasteiger partial charge on any atom is 0.333 e. The number of rotatable bonds is 5. The van der Waals surface area contributed by atoms with Gasteiger partial charge in [-0.1, -0.05) is 47.9 Å². The Morgan fingerprint density at radius 3 is 2.54 bits per heavy atom. The zero-order chi connectivity index (χ0) is 17.2. The van der Waals surface area contributed by atoms with Gasteiger partial charge in [0.2, 0.25) is 0 Å². The molecule has 4 heteroatoms. The lowest BCUT2D eigenvalue weighted by Crippen LogP contribution is -2.01. The summed E-state index contributed by atoms with van der Waals surface area (Å²) >= 11 is 5.87. The van der Waals surface area contributed by atoms with Gasteiger partial charge >= 0.3 is 5.97 Å². The van der Waals surface area contributed by atoms with Crippen LogP contribution >= 0.6 is 11.6 Å². The van der Waals surface area contributed by atoms with Crippen molar-refractivity contribution in [2.24, 2.45) is 0 Å². The Morgan fingerprint density at radius 1 is 1.17 bits per heavy atom. The van der Waals surface area contributed by atoms with E-state index in [-0.39, 0.29) is 0 Å². The smallest absolute Gasteiger partial charge is 0.333 e. The summed E-state index contributed by atoms with van der Waals surface area (Å²) in [6, 6.07) is 16.8. The topological polar surface area (TPSA) is 35.5 Å². The summed E-state index contributed by atoms with van der Waals surface area (Å²) in [4.78, 5) is 11.3. The third-order valence-corrected chi connectivity index (χ3v) is 3.25. The molecule has 0 aliphatic carbocycles. The Balaban J connectivity index is 2.15. The Labute approximate surface area is 146 Å². The van der Waals surface area contributed by atoms with Crippen molar-refractivity contribution in [2.75, 3.05) is 6.61 Å². The zero-order valence-electron chi connectivity index (χ0n) is 13.2. The van der Waals surface area contributed by atoms with Gasteiger partial charge in [-0.05, 0) is 37.1 Å². The number of carbonyl (C=O) groups is 1. The van der Waals surface area contributed by atoms with Gasteiger partial charge in [-0.25, -0.2) is 4.79 Å². The van der Waals surface area contributed by atoms with E-state index < -0.39 is 12.1 Å². The second kappa shape index (κ2) is 9.44. The van der Waals surface area contributed by atoms with Gasteiger partial charge in [-0.15, -0.1) is 0 Å². The van der Waals surface area contributed by atoms with E-state index >= 15 is 0 Å². The monoisotopic (exact) mass is 340 g/mol. The predicted octanol–water partition coefficient (Wildman–Crippen LogP) is 4.53. The summed E-state index contributed by atoms with van der Waals surface area (Å²) in [7, 11) is 0. The molecule has 24 heavy (non-hydrogen) atoms. The molecule has 1 atom stereocenters. The van der Waals surface area contributed by atoms with Gasteiger partial charge in [0.05, 0.1) is 18.9 Å². The Bertz CT molecular complexity index is 740. The fourth-order valence-corrected chi connectivity index (χ4v) is 2.00. The molecule has 0 amide bonds. The molecule has 0 aromatic heterocycles. The van der Waals surface area contributed by atoms with Crippen LogP contribution in [0.25, 0.3) is 0 Å². The SMILES string of the molecule is CCOC(=O)/C=C/OC(C#Cc1ccc(Cl)cc1)c1ccccc1. The molecule has 2 aromatic carbocycles. The highest BCUT2D eigenvalue weighted by Crippen LogP contribution is 2.17. The van der Waals surface area contributed by atoms with Crippen LogP contribution in [0.15, 0.2) is 66.9 Å². The molecule has 2 rings (SSSR count). The molecule has 0 saturated heterocycles. The molecule has 0 spiro atoms. The molecule has 122 valence electrons. The predicted molar refractivity (Wildman–Crippen MR) is 94.4 cm³/mol. The zero-order valence-corrected chi connectivity index (χ0v) is 14.0. The highest BCUT2D eigenvalue weighted by molar-refractivity contribution is 6.30. The summed E-state index contributed by atoms with van der Waals surface area (Å²) in [5.74, 6) is 5.66. The highest BCUT2D eigenvalue weighted by Gasteiger charge is 2.07. The van der Waals surface area contributed by atoms with Crippen LogP contribution in [-0.2, 0) is 14.3 Å². The van der Waals surface area contributed by atoms with E-state index in [1.165, 1.54) is 12.3 Å². The summed E-state index contributed by atoms with van der Waals surface area (Å²) in [5, 5.41) is 0.661. The fourth-order valence-electron chi connectivity index (χ4n) is 1.87. The van der Waals surface area contributed by atoms with E-state index in [1.54, 1.807) is 19.1 Å². The molecule has 2 aromatic rings. The minimum Gasteiger partial charge on any atom is -0.480 e. The van der Waals surface area contributed by atoms with Crippen molar-refractivity contribution >= 4 is 17.6 Å². The number of ether oxygens (including phenoxy) is 2. The lowest BCUT2D eigenvalue weighted by Gasteiger charge is -2.10. The Hall–Kier alpha value is -2.70. The number of hydrogen-bond acceptors (Lipinski definition) is 3. The van der Waals surface area contributed by atoms with Crippen molar-refractivity contribution < 1.29 is 14.3 Å². The molecule has 0 aliphatic heterocycles. The van der Waals surface area contributed by atoms with E-state index in [0.717, 1.165) is 11.1 Å². The number of halogens is 1. The van der Waals surface area contributed by atoms with Crippen molar-refractivity contribution in [3.63, 3.8) is 0 Å². The molecule has 0 N–H and O–H groups in total. The van der Waals surface area contributed by atoms with Crippen LogP contribution in [0.5, 0.6) is 0 Å². The molecular formula is C20H17ClO3. The lowest BCUT2D eigenvalue weighted by atomic mass is 10.1. The van der Waals surface area contributed by atoms with Crippen LogP contribution in [0.1, 0.15) is 24.2 Å². The number of carbonyl (C=O) groups excluding carboxylic acids is 1. The van der Waals surface area contributed by atoms with E-state index in [1.807, 2.05) is 42.5 Å². The normalized spacial score (nSPS) is 11.4.